The Balaban J connectivity index is 2.76. The smallest absolute Gasteiger partial charge is 0.326 e. The Morgan fingerprint density at radius 1 is 0.967 bits per heavy atom. The second kappa shape index (κ2) is 12.1. The molecule has 9 N–H and O–H groups in total. The number of benzene rings is 1. The van der Waals surface area contributed by atoms with E-state index in [1.165, 1.54) is 0 Å². The number of rotatable bonds is 12. The number of hydrogen-bond acceptors (Lipinski definition) is 7. The summed E-state index contributed by atoms with van der Waals surface area (Å²) in [5.41, 5.74) is 11.0. The van der Waals surface area contributed by atoms with Crippen LogP contribution in [-0.2, 0) is 30.4 Å². The Hall–Kier alpha value is -3.51. The van der Waals surface area contributed by atoms with Crippen LogP contribution in [0.3, 0.4) is 0 Å². The van der Waals surface area contributed by atoms with E-state index in [9.17, 15) is 29.1 Å². The molecule has 1 aromatic rings. The highest BCUT2D eigenvalue weighted by Gasteiger charge is 2.28. The largest absolute Gasteiger partial charge is 0.480 e. The van der Waals surface area contributed by atoms with Gasteiger partial charge in [-0.1, -0.05) is 30.3 Å². The number of carbonyl (C=O) groups excluding carboxylic acids is 4. The zero-order valence-electron chi connectivity index (χ0n) is 16.0. The molecule has 12 nitrogen and oxygen atoms in total. The minimum Gasteiger partial charge on any atom is -0.480 e. The lowest BCUT2D eigenvalue weighted by Crippen LogP contribution is -2.55. The van der Waals surface area contributed by atoms with E-state index in [0.29, 0.717) is 5.56 Å². The Morgan fingerprint density at radius 2 is 1.60 bits per heavy atom. The first kappa shape index (κ1) is 24.5. The third-order valence-corrected chi connectivity index (χ3v) is 3.91. The van der Waals surface area contributed by atoms with Crippen molar-refractivity contribution in [3.63, 3.8) is 0 Å². The molecule has 0 radical (unpaired) electrons. The summed E-state index contributed by atoms with van der Waals surface area (Å²) in [4.78, 5) is 58.7. The van der Waals surface area contributed by atoms with Gasteiger partial charge in [-0.15, -0.1) is 0 Å². The van der Waals surface area contributed by atoms with Gasteiger partial charge >= 0.3 is 5.97 Å². The van der Waals surface area contributed by atoms with E-state index < -0.39 is 67.3 Å². The summed E-state index contributed by atoms with van der Waals surface area (Å²) in [6.07, 6.45) is -0.604. The van der Waals surface area contributed by atoms with E-state index in [0.717, 1.165) is 0 Å². The van der Waals surface area contributed by atoms with Gasteiger partial charge in [0.15, 0.2) is 0 Å². The molecule has 0 fully saturated rings. The molecule has 1 aromatic carbocycles. The van der Waals surface area contributed by atoms with Crippen molar-refractivity contribution in [1.82, 2.24) is 16.0 Å². The molecule has 0 heterocycles. The van der Waals surface area contributed by atoms with E-state index in [4.69, 9.17) is 16.6 Å². The van der Waals surface area contributed by atoms with Crippen molar-refractivity contribution in [2.75, 3.05) is 13.2 Å². The van der Waals surface area contributed by atoms with Crippen LogP contribution in [0.25, 0.3) is 0 Å². The number of aliphatic carboxylic acids is 1. The summed E-state index contributed by atoms with van der Waals surface area (Å²) in [6.45, 7) is -1.21. The lowest BCUT2D eigenvalue weighted by molar-refractivity contribution is -0.142. The number of hydrogen-bond donors (Lipinski definition) is 7. The molecule has 164 valence electrons. The zero-order chi connectivity index (χ0) is 22.7. The van der Waals surface area contributed by atoms with Gasteiger partial charge in [0.05, 0.1) is 19.6 Å². The van der Waals surface area contributed by atoms with Crippen LogP contribution in [0.1, 0.15) is 12.0 Å². The van der Waals surface area contributed by atoms with Crippen molar-refractivity contribution in [3.05, 3.63) is 35.9 Å². The first-order chi connectivity index (χ1) is 14.1. The summed E-state index contributed by atoms with van der Waals surface area (Å²) in [6, 6.07) is 4.56. The van der Waals surface area contributed by atoms with Gasteiger partial charge in [-0.3, -0.25) is 19.2 Å². The second-order valence-corrected chi connectivity index (χ2v) is 6.39. The van der Waals surface area contributed by atoms with Crippen molar-refractivity contribution in [2.45, 2.75) is 31.0 Å². The number of carboxylic acids is 1. The summed E-state index contributed by atoms with van der Waals surface area (Å²) in [5, 5.41) is 24.8. The molecule has 0 saturated carbocycles. The summed E-state index contributed by atoms with van der Waals surface area (Å²) in [5.74, 6) is -4.77. The number of carboxylic acid groups (broad SMARTS) is 1. The number of carbonyl (C=O) groups is 5. The topological polar surface area (TPSA) is 214 Å². The molecule has 12 heteroatoms. The minimum atomic E-state index is -1.45. The van der Waals surface area contributed by atoms with Gasteiger partial charge in [-0.25, -0.2) is 4.79 Å². The average Bonchev–Trinajstić information content (AvgIpc) is 2.70. The van der Waals surface area contributed by atoms with Crippen LogP contribution in [0, 0.1) is 0 Å². The molecule has 0 saturated heterocycles. The quantitative estimate of drug-likeness (QED) is 0.179. The van der Waals surface area contributed by atoms with Crippen molar-refractivity contribution >= 4 is 29.6 Å². The predicted octanol–water partition coefficient (Wildman–Crippen LogP) is -3.41. The summed E-state index contributed by atoms with van der Waals surface area (Å²) < 4.78 is 0. The number of amides is 4. The van der Waals surface area contributed by atoms with E-state index in [2.05, 4.69) is 16.0 Å². The average molecular weight is 423 g/mol. The molecule has 0 aliphatic rings. The monoisotopic (exact) mass is 423 g/mol. The highest BCUT2D eigenvalue weighted by molar-refractivity contribution is 5.95. The maximum absolute atomic E-state index is 12.5. The molecular weight excluding hydrogens is 398 g/mol. The number of nitrogens with one attached hydrogen (secondary N) is 3. The van der Waals surface area contributed by atoms with E-state index >= 15 is 0 Å². The molecule has 0 aromatic heterocycles. The van der Waals surface area contributed by atoms with Crippen molar-refractivity contribution in [2.24, 2.45) is 11.5 Å². The van der Waals surface area contributed by atoms with Gasteiger partial charge in [0.1, 0.15) is 18.1 Å². The third kappa shape index (κ3) is 8.67. The molecule has 0 spiro atoms. The van der Waals surface area contributed by atoms with Gasteiger partial charge in [-0.2, -0.15) is 0 Å². The molecule has 30 heavy (non-hydrogen) atoms. The van der Waals surface area contributed by atoms with Crippen molar-refractivity contribution < 1.29 is 34.2 Å². The summed E-state index contributed by atoms with van der Waals surface area (Å²) >= 11 is 0. The van der Waals surface area contributed by atoms with Gasteiger partial charge in [-0.05, 0) is 5.56 Å². The van der Waals surface area contributed by atoms with Crippen LogP contribution in [0.2, 0.25) is 0 Å². The van der Waals surface area contributed by atoms with Crippen molar-refractivity contribution in [3.8, 4) is 0 Å². The van der Waals surface area contributed by atoms with Crippen LogP contribution < -0.4 is 27.4 Å². The highest BCUT2D eigenvalue weighted by Crippen LogP contribution is 2.04. The normalized spacial score (nSPS) is 13.4. The molecule has 0 unspecified atom stereocenters. The Morgan fingerprint density at radius 3 is 2.13 bits per heavy atom. The van der Waals surface area contributed by atoms with Crippen LogP contribution in [0.15, 0.2) is 30.3 Å². The second-order valence-electron chi connectivity index (χ2n) is 6.39. The minimum absolute atomic E-state index is 0.0196. The van der Waals surface area contributed by atoms with Crippen LogP contribution >= 0.6 is 0 Å². The highest BCUT2D eigenvalue weighted by atomic mass is 16.4. The number of nitrogens with two attached hydrogens (primary N) is 2. The first-order valence-electron chi connectivity index (χ1n) is 8.93. The van der Waals surface area contributed by atoms with E-state index in [-0.39, 0.29) is 6.42 Å². The van der Waals surface area contributed by atoms with E-state index in [1.54, 1.807) is 30.3 Å². The van der Waals surface area contributed by atoms with Gasteiger partial charge < -0.3 is 37.6 Å². The third-order valence-electron chi connectivity index (χ3n) is 3.91. The Kier molecular flexibility index (Phi) is 9.92. The molecule has 4 amide bonds. The Labute approximate surface area is 172 Å². The molecule has 3 atom stereocenters. The van der Waals surface area contributed by atoms with Crippen LogP contribution in [-0.4, -0.2) is 71.1 Å². The van der Waals surface area contributed by atoms with Crippen LogP contribution in [0.5, 0.6) is 0 Å². The first-order valence-corrected chi connectivity index (χ1v) is 8.93. The predicted molar refractivity (Wildman–Crippen MR) is 104 cm³/mol. The number of primary amides is 1. The maximum Gasteiger partial charge on any atom is 0.326 e. The lowest BCUT2D eigenvalue weighted by Gasteiger charge is -2.21. The van der Waals surface area contributed by atoms with Crippen LogP contribution in [0.4, 0.5) is 0 Å². The fraction of sp³-hybridized carbons (Fsp3) is 0.389. The molecular formula is C18H25N5O7. The Bertz CT molecular complexity index is 771. The SMILES string of the molecule is NC(=O)C[C@H](NC(=O)CNC(=O)[C@@H](N)CO)C(=O)N[C@@H](Cc1ccccc1)C(=O)O. The summed E-state index contributed by atoms with van der Waals surface area (Å²) in [7, 11) is 0. The molecule has 0 aliphatic carbocycles. The fourth-order valence-corrected chi connectivity index (χ4v) is 2.36. The standard InChI is InChI=1S/C18H25N5O7/c19-11(9-24)16(27)21-8-15(26)22-12(7-14(20)25)17(28)23-13(18(29)30)6-10-4-2-1-3-5-10/h1-5,11-13,24H,6-9,19H2,(H2,20,25)(H,21,27)(H,22,26)(H,23,28)(H,29,30)/t11-,12-,13-/m0/s1. The fourth-order valence-electron chi connectivity index (χ4n) is 2.36. The molecule has 0 bridgehead atoms. The van der Waals surface area contributed by atoms with Gasteiger partial charge in [0.25, 0.3) is 0 Å². The molecule has 0 aliphatic heterocycles. The van der Waals surface area contributed by atoms with E-state index in [1.807, 2.05) is 0 Å². The maximum atomic E-state index is 12.5. The number of aliphatic hydroxyl groups excluding tert-OH is 1. The lowest BCUT2D eigenvalue weighted by atomic mass is 10.1. The number of aliphatic hydroxyl groups is 1. The van der Waals surface area contributed by atoms with Crippen molar-refractivity contribution in [1.29, 1.82) is 0 Å². The van der Waals surface area contributed by atoms with Gasteiger partial charge in [0, 0.05) is 6.42 Å². The van der Waals surface area contributed by atoms with Gasteiger partial charge in [0.2, 0.25) is 23.6 Å². The zero-order valence-corrected chi connectivity index (χ0v) is 16.0. The molecule has 1 rings (SSSR count).